The fourth-order valence-corrected chi connectivity index (χ4v) is 3.47. The van der Waals surface area contributed by atoms with Gasteiger partial charge in [-0.05, 0) is 36.4 Å². The molecule has 1 aliphatic heterocycles. The van der Waals surface area contributed by atoms with E-state index < -0.39 is 0 Å². The van der Waals surface area contributed by atoms with E-state index in [1.807, 2.05) is 31.3 Å². The van der Waals surface area contributed by atoms with Crippen molar-refractivity contribution >= 4 is 40.5 Å². The Labute approximate surface area is 173 Å². The first kappa shape index (κ1) is 18.6. The number of fused-ring (bicyclic) bond motifs is 1. The highest BCUT2D eigenvalue weighted by atomic mass is 35.5. The van der Waals surface area contributed by atoms with Crippen LogP contribution in [0, 0.1) is 0 Å². The molecule has 142 valence electrons. The molecular weight excluding hydrogens is 397 g/mol. The van der Waals surface area contributed by atoms with E-state index in [-0.39, 0.29) is 11.6 Å². The third-order valence-corrected chi connectivity index (χ3v) is 5.12. The second-order valence-corrected chi connectivity index (χ2v) is 7.24. The Morgan fingerprint density at radius 3 is 2.61 bits per heavy atom. The topological polar surface area (TPSA) is 45.7 Å². The lowest BCUT2D eigenvalue weighted by molar-refractivity contribution is 0.0979. The van der Waals surface area contributed by atoms with Crippen LogP contribution < -0.4 is 14.5 Å². The van der Waals surface area contributed by atoms with Gasteiger partial charge in [-0.1, -0.05) is 35.3 Å². The molecule has 28 heavy (non-hydrogen) atoms. The fraction of sp³-hybridized carbons (Fsp3) is 0.143. The number of para-hydroxylation sites is 2. The van der Waals surface area contributed by atoms with Crippen LogP contribution in [0.25, 0.3) is 0 Å². The summed E-state index contributed by atoms with van der Waals surface area (Å²) < 4.78 is 5.91. The number of ether oxygens (including phenoxy) is 1. The molecule has 0 unspecified atom stereocenters. The minimum atomic E-state index is -0.227. The van der Waals surface area contributed by atoms with E-state index in [2.05, 4.69) is 9.88 Å². The molecule has 1 amide bonds. The Bertz CT molecular complexity index is 1040. The first-order chi connectivity index (χ1) is 13.5. The van der Waals surface area contributed by atoms with E-state index in [1.165, 1.54) is 0 Å². The molecule has 0 fully saturated rings. The molecule has 0 aliphatic carbocycles. The quantitative estimate of drug-likeness (QED) is 0.585. The lowest BCUT2D eigenvalue weighted by Gasteiger charge is -2.35. The summed E-state index contributed by atoms with van der Waals surface area (Å²) in [5.74, 6) is 0.470. The maximum Gasteiger partial charge on any atom is 0.280 e. The van der Waals surface area contributed by atoms with Gasteiger partial charge in [0.15, 0.2) is 11.4 Å². The van der Waals surface area contributed by atoms with Crippen LogP contribution in [0.15, 0.2) is 60.8 Å². The van der Waals surface area contributed by atoms with Crippen LogP contribution >= 0.6 is 23.2 Å². The van der Waals surface area contributed by atoms with Gasteiger partial charge >= 0.3 is 0 Å². The molecule has 3 aromatic rings. The monoisotopic (exact) mass is 413 g/mol. The zero-order chi connectivity index (χ0) is 19.7. The number of hydrogen-bond donors (Lipinski definition) is 0. The van der Waals surface area contributed by atoms with Gasteiger partial charge in [-0.2, -0.15) is 0 Å². The van der Waals surface area contributed by atoms with Gasteiger partial charge in [0, 0.05) is 37.4 Å². The van der Waals surface area contributed by atoms with Crippen LogP contribution in [0.1, 0.15) is 10.5 Å². The van der Waals surface area contributed by atoms with Crippen molar-refractivity contribution in [3.8, 4) is 11.5 Å². The Morgan fingerprint density at radius 1 is 1.00 bits per heavy atom. The molecule has 2 aromatic carbocycles. The van der Waals surface area contributed by atoms with Gasteiger partial charge in [-0.3, -0.25) is 4.79 Å². The first-order valence-electron chi connectivity index (χ1n) is 8.74. The van der Waals surface area contributed by atoms with Gasteiger partial charge in [0.05, 0.1) is 16.4 Å². The van der Waals surface area contributed by atoms with Crippen LogP contribution in [-0.2, 0) is 0 Å². The van der Waals surface area contributed by atoms with Crippen LogP contribution in [0.4, 0.5) is 11.4 Å². The van der Waals surface area contributed by atoms with E-state index >= 15 is 0 Å². The van der Waals surface area contributed by atoms with Gasteiger partial charge < -0.3 is 14.5 Å². The smallest absolute Gasteiger partial charge is 0.280 e. The van der Waals surface area contributed by atoms with Crippen molar-refractivity contribution in [2.24, 2.45) is 0 Å². The summed E-state index contributed by atoms with van der Waals surface area (Å²) in [6.45, 7) is 1.28. The van der Waals surface area contributed by atoms with Crippen LogP contribution in [0.2, 0.25) is 10.0 Å². The third-order valence-electron chi connectivity index (χ3n) is 4.57. The average molecular weight is 414 g/mol. The second-order valence-electron chi connectivity index (χ2n) is 6.39. The Hall–Kier alpha value is -2.76. The van der Waals surface area contributed by atoms with E-state index in [9.17, 15) is 4.79 Å². The first-order valence-corrected chi connectivity index (χ1v) is 9.50. The van der Waals surface area contributed by atoms with Crippen LogP contribution in [-0.4, -0.2) is 31.0 Å². The number of amides is 1. The number of carbonyl (C=O) groups is 1. The SMILES string of the molecule is CN1CCN(C(=O)c2ncccc2Oc2cc(Cl)ccc2Cl)c2ccccc21. The van der Waals surface area contributed by atoms with Crippen LogP contribution in [0.5, 0.6) is 11.5 Å². The highest BCUT2D eigenvalue weighted by Crippen LogP contribution is 2.36. The third kappa shape index (κ3) is 3.51. The molecule has 4 rings (SSSR count). The maximum absolute atomic E-state index is 13.3. The Morgan fingerprint density at radius 2 is 1.79 bits per heavy atom. The number of benzene rings is 2. The van der Waals surface area contributed by atoms with Crippen molar-refractivity contribution in [3.05, 3.63) is 76.5 Å². The van der Waals surface area contributed by atoms with Crippen molar-refractivity contribution in [3.63, 3.8) is 0 Å². The van der Waals surface area contributed by atoms with Gasteiger partial charge in [0.25, 0.3) is 5.91 Å². The van der Waals surface area contributed by atoms with Crippen molar-refractivity contribution in [2.75, 3.05) is 29.9 Å². The Kier molecular flexibility index (Phi) is 5.11. The number of anilines is 2. The van der Waals surface area contributed by atoms with E-state index in [4.69, 9.17) is 27.9 Å². The summed E-state index contributed by atoms with van der Waals surface area (Å²) in [7, 11) is 2.01. The molecule has 1 aromatic heterocycles. The number of nitrogens with zero attached hydrogens (tertiary/aromatic N) is 3. The predicted octanol–water partition coefficient (Wildman–Crippen LogP) is 5.28. The average Bonchev–Trinajstić information content (AvgIpc) is 2.71. The molecule has 0 atom stereocenters. The summed E-state index contributed by atoms with van der Waals surface area (Å²) in [5, 5.41) is 0.890. The van der Waals surface area contributed by atoms with Gasteiger partial charge in [-0.25, -0.2) is 4.98 Å². The lowest BCUT2D eigenvalue weighted by atomic mass is 10.1. The van der Waals surface area contributed by atoms with Crippen molar-refractivity contribution < 1.29 is 9.53 Å². The summed E-state index contributed by atoms with van der Waals surface area (Å²) in [4.78, 5) is 21.5. The van der Waals surface area contributed by atoms with Crippen molar-refractivity contribution in [1.29, 1.82) is 0 Å². The molecule has 0 saturated heterocycles. The van der Waals surface area contributed by atoms with Gasteiger partial charge in [0.1, 0.15) is 5.75 Å². The number of rotatable bonds is 3. The van der Waals surface area contributed by atoms with Crippen molar-refractivity contribution in [2.45, 2.75) is 0 Å². The predicted molar refractivity (Wildman–Crippen MR) is 112 cm³/mol. The summed E-state index contributed by atoms with van der Waals surface area (Å²) >= 11 is 12.2. The number of pyridine rings is 1. The molecule has 7 heteroatoms. The van der Waals surface area contributed by atoms with E-state index in [0.717, 1.165) is 17.9 Å². The summed E-state index contributed by atoms with van der Waals surface area (Å²) in [6, 6.07) is 16.1. The number of aromatic nitrogens is 1. The van der Waals surface area contributed by atoms with Crippen molar-refractivity contribution in [1.82, 2.24) is 4.98 Å². The number of halogens is 2. The molecule has 0 saturated carbocycles. The maximum atomic E-state index is 13.3. The molecule has 0 N–H and O–H groups in total. The molecule has 0 spiro atoms. The fourth-order valence-electron chi connectivity index (χ4n) is 3.15. The number of hydrogen-bond acceptors (Lipinski definition) is 4. The van der Waals surface area contributed by atoms with Gasteiger partial charge in [0.2, 0.25) is 0 Å². The minimum Gasteiger partial charge on any atom is -0.453 e. The van der Waals surface area contributed by atoms with E-state index in [0.29, 0.717) is 28.1 Å². The molecule has 1 aliphatic rings. The standard InChI is InChI=1S/C21H17Cl2N3O2/c1-25-11-12-26(17-6-3-2-5-16(17)25)21(27)20-18(7-4-10-24-20)28-19-13-14(22)8-9-15(19)23/h2-10,13H,11-12H2,1H3. The molecule has 2 heterocycles. The second kappa shape index (κ2) is 7.70. The summed E-state index contributed by atoms with van der Waals surface area (Å²) in [5.41, 5.74) is 2.06. The summed E-state index contributed by atoms with van der Waals surface area (Å²) in [6.07, 6.45) is 1.57. The number of likely N-dealkylation sites (N-methyl/N-ethyl adjacent to an activating group) is 1. The van der Waals surface area contributed by atoms with Crippen LogP contribution in [0.3, 0.4) is 0 Å². The zero-order valence-electron chi connectivity index (χ0n) is 15.1. The highest BCUT2D eigenvalue weighted by molar-refractivity contribution is 6.34. The highest BCUT2D eigenvalue weighted by Gasteiger charge is 2.28. The zero-order valence-corrected chi connectivity index (χ0v) is 16.6. The molecular formula is C21H17Cl2N3O2. The lowest BCUT2D eigenvalue weighted by Crippen LogP contribution is -2.43. The largest absolute Gasteiger partial charge is 0.453 e. The normalized spacial score (nSPS) is 13.2. The number of carbonyl (C=O) groups excluding carboxylic acids is 1. The minimum absolute atomic E-state index is 0.220. The van der Waals surface area contributed by atoms with E-state index in [1.54, 1.807) is 41.4 Å². The molecule has 0 radical (unpaired) electrons. The molecule has 0 bridgehead atoms. The molecule has 5 nitrogen and oxygen atoms in total. The Balaban J connectivity index is 1.70. The van der Waals surface area contributed by atoms with Gasteiger partial charge in [-0.15, -0.1) is 0 Å².